The standard InChI is InChI=1S/C11H10O3S/c1-8-7-10(11(12)14-8)15(13)9-5-3-2-4-6-9/h2-8H,1H3. The summed E-state index contributed by atoms with van der Waals surface area (Å²) in [7, 11) is -1.42. The summed E-state index contributed by atoms with van der Waals surface area (Å²) in [5.41, 5.74) is 0. The molecule has 2 atom stereocenters. The number of benzene rings is 1. The van der Waals surface area contributed by atoms with E-state index in [1.165, 1.54) is 0 Å². The lowest BCUT2D eigenvalue weighted by molar-refractivity contribution is -0.138. The van der Waals surface area contributed by atoms with Gasteiger partial charge in [0.25, 0.3) is 0 Å². The lowest BCUT2D eigenvalue weighted by Crippen LogP contribution is -2.07. The van der Waals surface area contributed by atoms with Crippen LogP contribution in [-0.2, 0) is 20.3 Å². The highest BCUT2D eigenvalue weighted by atomic mass is 32.2. The summed E-state index contributed by atoms with van der Waals surface area (Å²) in [6, 6.07) is 8.88. The fraction of sp³-hybridized carbons (Fsp3) is 0.182. The highest BCUT2D eigenvalue weighted by Crippen LogP contribution is 2.21. The largest absolute Gasteiger partial charge is 0.454 e. The number of hydrogen-bond acceptors (Lipinski definition) is 3. The molecule has 1 aliphatic rings. The van der Waals surface area contributed by atoms with E-state index in [0.29, 0.717) is 4.90 Å². The van der Waals surface area contributed by atoms with Gasteiger partial charge in [0, 0.05) is 4.90 Å². The first kappa shape index (κ1) is 10.1. The van der Waals surface area contributed by atoms with Gasteiger partial charge >= 0.3 is 5.97 Å². The van der Waals surface area contributed by atoms with Crippen LogP contribution in [0, 0.1) is 0 Å². The minimum Gasteiger partial charge on any atom is -0.454 e. The van der Waals surface area contributed by atoms with Crippen LogP contribution in [0.3, 0.4) is 0 Å². The normalized spacial score (nSPS) is 22.1. The molecule has 2 unspecified atom stereocenters. The second kappa shape index (κ2) is 3.98. The quantitative estimate of drug-likeness (QED) is 0.714. The van der Waals surface area contributed by atoms with Crippen LogP contribution in [0.15, 0.2) is 46.2 Å². The van der Waals surface area contributed by atoms with Crippen LogP contribution in [0.1, 0.15) is 6.92 Å². The molecule has 0 spiro atoms. The van der Waals surface area contributed by atoms with Crippen molar-refractivity contribution in [2.24, 2.45) is 0 Å². The molecule has 0 saturated carbocycles. The van der Waals surface area contributed by atoms with Gasteiger partial charge in [0.2, 0.25) is 0 Å². The smallest absolute Gasteiger partial charge is 0.347 e. The average molecular weight is 222 g/mol. The Bertz CT molecular complexity index is 436. The van der Waals surface area contributed by atoms with Gasteiger partial charge < -0.3 is 4.74 Å². The Morgan fingerprint density at radius 2 is 1.93 bits per heavy atom. The summed E-state index contributed by atoms with van der Waals surface area (Å²) in [6.45, 7) is 1.74. The Balaban J connectivity index is 2.30. The van der Waals surface area contributed by atoms with Crippen molar-refractivity contribution in [3.8, 4) is 0 Å². The number of ether oxygens (including phenoxy) is 1. The van der Waals surface area contributed by atoms with Gasteiger partial charge in [-0.1, -0.05) is 18.2 Å². The summed E-state index contributed by atoms with van der Waals surface area (Å²) >= 11 is 0. The van der Waals surface area contributed by atoms with Gasteiger partial charge in [-0.05, 0) is 25.1 Å². The molecule has 0 saturated heterocycles. The molecule has 0 fully saturated rings. The molecule has 2 rings (SSSR count). The van der Waals surface area contributed by atoms with E-state index in [4.69, 9.17) is 4.74 Å². The second-order valence-corrected chi connectivity index (χ2v) is 4.67. The van der Waals surface area contributed by atoms with E-state index in [1.807, 2.05) is 6.07 Å². The molecule has 0 radical (unpaired) electrons. The van der Waals surface area contributed by atoms with Gasteiger partial charge in [0.05, 0.1) is 10.8 Å². The average Bonchev–Trinajstić information content (AvgIpc) is 2.58. The number of cyclic esters (lactones) is 1. The van der Waals surface area contributed by atoms with Crippen LogP contribution in [0.25, 0.3) is 0 Å². The van der Waals surface area contributed by atoms with Crippen LogP contribution >= 0.6 is 0 Å². The van der Waals surface area contributed by atoms with E-state index in [0.717, 1.165) is 0 Å². The van der Waals surface area contributed by atoms with E-state index in [-0.39, 0.29) is 11.0 Å². The maximum atomic E-state index is 11.9. The first-order valence-electron chi connectivity index (χ1n) is 4.58. The van der Waals surface area contributed by atoms with Crippen molar-refractivity contribution in [2.45, 2.75) is 17.9 Å². The zero-order chi connectivity index (χ0) is 10.8. The topological polar surface area (TPSA) is 43.4 Å². The molecular formula is C11H10O3S. The first-order chi connectivity index (χ1) is 7.18. The molecule has 15 heavy (non-hydrogen) atoms. The number of carbonyl (C=O) groups is 1. The Labute approximate surface area is 90.2 Å². The van der Waals surface area contributed by atoms with Gasteiger partial charge in [0.15, 0.2) is 0 Å². The molecule has 0 amide bonds. The zero-order valence-electron chi connectivity index (χ0n) is 8.17. The third-order valence-electron chi connectivity index (χ3n) is 2.04. The molecule has 0 aliphatic carbocycles. The van der Waals surface area contributed by atoms with Crippen LogP contribution in [-0.4, -0.2) is 16.3 Å². The molecule has 78 valence electrons. The zero-order valence-corrected chi connectivity index (χ0v) is 8.99. The maximum absolute atomic E-state index is 11.9. The minimum absolute atomic E-state index is 0.244. The predicted molar refractivity (Wildman–Crippen MR) is 56.5 cm³/mol. The van der Waals surface area contributed by atoms with Crippen LogP contribution in [0.4, 0.5) is 0 Å². The molecule has 1 aromatic carbocycles. The van der Waals surface area contributed by atoms with E-state index >= 15 is 0 Å². The Morgan fingerprint density at radius 1 is 1.27 bits per heavy atom. The Morgan fingerprint density at radius 3 is 2.47 bits per heavy atom. The summed E-state index contributed by atoms with van der Waals surface area (Å²) in [6.07, 6.45) is 1.32. The van der Waals surface area contributed by atoms with E-state index < -0.39 is 16.8 Å². The molecule has 0 bridgehead atoms. The third-order valence-corrected chi connectivity index (χ3v) is 3.44. The molecule has 1 aliphatic heterocycles. The van der Waals surface area contributed by atoms with Crippen molar-refractivity contribution >= 4 is 16.8 Å². The monoisotopic (exact) mass is 222 g/mol. The fourth-order valence-corrected chi connectivity index (χ4v) is 2.52. The molecule has 0 aromatic heterocycles. The van der Waals surface area contributed by atoms with Crippen molar-refractivity contribution in [2.75, 3.05) is 0 Å². The second-order valence-electron chi connectivity index (χ2n) is 3.22. The van der Waals surface area contributed by atoms with E-state index in [9.17, 15) is 9.00 Å². The number of esters is 1. The lowest BCUT2D eigenvalue weighted by atomic mass is 10.4. The van der Waals surface area contributed by atoms with E-state index in [1.54, 1.807) is 37.3 Å². The van der Waals surface area contributed by atoms with Crippen molar-refractivity contribution in [3.63, 3.8) is 0 Å². The number of hydrogen-bond donors (Lipinski definition) is 0. The van der Waals surface area contributed by atoms with Crippen molar-refractivity contribution < 1.29 is 13.7 Å². The Hall–Kier alpha value is -1.42. The van der Waals surface area contributed by atoms with E-state index in [2.05, 4.69) is 0 Å². The fourth-order valence-electron chi connectivity index (χ4n) is 1.35. The van der Waals surface area contributed by atoms with Crippen LogP contribution < -0.4 is 0 Å². The maximum Gasteiger partial charge on any atom is 0.347 e. The summed E-state index contributed by atoms with van der Waals surface area (Å²) in [4.78, 5) is 12.2. The first-order valence-corrected chi connectivity index (χ1v) is 5.73. The van der Waals surface area contributed by atoms with Crippen molar-refractivity contribution in [1.29, 1.82) is 0 Å². The third kappa shape index (κ3) is 1.99. The van der Waals surface area contributed by atoms with Gasteiger partial charge in [-0.25, -0.2) is 9.00 Å². The predicted octanol–water partition coefficient (Wildman–Crippen LogP) is 1.62. The summed E-state index contributed by atoms with van der Waals surface area (Å²) in [5, 5.41) is 0. The molecule has 0 N–H and O–H groups in total. The highest BCUT2D eigenvalue weighted by Gasteiger charge is 2.27. The van der Waals surface area contributed by atoms with Crippen molar-refractivity contribution in [3.05, 3.63) is 41.3 Å². The summed E-state index contributed by atoms with van der Waals surface area (Å²) in [5.74, 6) is -0.482. The van der Waals surface area contributed by atoms with Gasteiger partial charge in [0.1, 0.15) is 11.0 Å². The van der Waals surface area contributed by atoms with Gasteiger partial charge in [-0.15, -0.1) is 0 Å². The highest BCUT2D eigenvalue weighted by molar-refractivity contribution is 7.90. The Kier molecular flexibility index (Phi) is 2.68. The summed E-state index contributed by atoms with van der Waals surface area (Å²) < 4.78 is 16.8. The number of carbonyl (C=O) groups excluding carboxylic acids is 1. The van der Waals surface area contributed by atoms with Crippen molar-refractivity contribution in [1.82, 2.24) is 0 Å². The lowest BCUT2D eigenvalue weighted by Gasteiger charge is -2.00. The molecule has 4 heteroatoms. The molecule has 3 nitrogen and oxygen atoms in total. The minimum atomic E-state index is -1.42. The molecule has 1 heterocycles. The molecule has 1 aromatic rings. The molecular weight excluding hydrogens is 212 g/mol. The van der Waals surface area contributed by atoms with Crippen LogP contribution in [0.2, 0.25) is 0 Å². The van der Waals surface area contributed by atoms with Gasteiger partial charge in [-0.2, -0.15) is 0 Å². The SMILES string of the molecule is CC1C=C(S(=O)c2ccccc2)C(=O)O1. The number of rotatable bonds is 2. The van der Waals surface area contributed by atoms with Crippen LogP contribution in [0.5, 0.6) is 0 Å². The van der Waals surface area contributed by atoms with Gasteiger partial charge in [-0.3, -0.25) is 0 Å².